The van der Waals surface area contributed by atoms with Crippen molar-refractivity contribution in [2.24, 2.45) is 7.05 Å². The van der Waals surface area contributed by atoms with Crippen LogP contribution in [0, 0.1) is 6.92 Å². The minimum atomic E-state index is -3.56. The molecule has 1 aliphatic rings. The van der Waals surface area contributed by atoms with E-state index in [0.29, 0.717) is 19.5 Å². The van der Waals surface area contributed by atoms with Crippen LogP contribution in [-0.4, -0.2) is 40.6 Å². The van der Waals surface area contributed by atoms with Gasteiger partial charge in [-0.1, -0.05) is 0 Å². The first-order chi connectivity index (χ1) is 10.4. The van der Waals surface area contributed by atoms with Crippen molar-refractivity contribution in [3.63, 3.8) is 0 Å². The van der Waals surface area contributed by atoms with Gasteiger partial charge in [0.15, 0.2) is 0 Å². The number of nitrogens with one attached hydrogen (secondary N) is 2. The Morgan fingerprint density at radius 3 is 2.95 bits per heavy atom. The van der Waals surface area contributed by atoms with Crippen molar-refractivity contribution in [3.05, 3.63) is 23.7 Å². The molecule has 2 N–H and O–H groups in total. The molecule has 0 fully saturated rings. The Hall–Kier alpha value is -1.87. The van der Waals surface area contributed by atoms with Gasteiger partial charge in [0.1, 0.15) is 10.7 Å². The molecule has 22 heavy (non-hydrogen) atoms. The van der Waals surface area contributed by atoms with E-state index in [1.54, 1.807) is 15.6 Å². The van der Waals surface area contributed by atoms with Crippen LogP contribution in [0.3, 0.4) is 0 Å². The zero-order valence-corrected chi connectivity index (χ0v) is 13.7. The van der Waals surface area contributed by atoms with Gasteiger partial charge in [-0.05, 0) is 20.3 Å². The lowest BCUT2D eigenvalue weighted by molar-refractivity contribution is 0.546. The van der Waals surface area contributed by atoms with Crippen molar-refractivity contribution in [1.29, 1.82) is 0 Å². The third-order valence-electron chi connectivity index (χ3n) is 3.88. The van der Waals surface area contributed by atoms with Crippen LogP contribution in [0.1, 0.15) is 18.2 Å². The highest BCUT2D eigenvalue weighted by Crippen LogP contribution is 2.24. The van der Waals surface area contributed by atoms with Crippen molar-refractivity contribution in [2.75, 3.05) is 11.9 Å². The van der Waals surface area contributed by atoms with E-state index in [2.05, 4.69) is 20.2 Å². The summed E-state index contributed by atoms with van der Waals surface area (Å²) in [4.78, 5) is 0.197. The predicted molar refractivity (Wildman–Crippen MR) is 82.1 cm³/mol. The summed E-state index contributed by atoms with van der Waals surface area (Å²) >= 11 is 0. The molecular formula is C13H20N6O2S. The summed E-state index contributed by atoms with van der Waals surface area (Å²) in [5, 5.41) is 11.6. The highest BCUT2D eigenvalue weighted by molar-refractivity contribution is 7.89. The van der Waals surface area contributed by atoms with Crippen LogP contribution in [0.15, 0.2) is 17.3 Å². The first-order valence-electron chi connectivity index (χ1n) is 7.22. The zero-order chi connectivity index (χ0) is 15.9. The molecular weight excluding hydrogens is 304 g/mol. The molecule has 3 rings (SSSR count). The summed E-state index contributed by atoms with van der Waals surface area (Å²) in [5.74, 6) is 0.965. The maximum atomic E-state index is 12.4. The Bertz CT molecular complexity index is 792. The van der Waals surface area contributed by atoms with Gasteiger partial charge in [0.2, 0.25) is 10.0 Å². The van der Waals surface area contributed by atoms with Gasteiger partial charge in [-0.3, -0.25) is 9.36 Å². The minimum Gasteiger partial charge on any atom is -0.368 e. The van der Waals surface area contributed by atoms with E-state index in [1.165, 1.54) is 6.20 Å². The molecule has 0 bridgehead atoms. The fourth-order valence-corrected chi connectivity index (χ4v) is 3.92. The topological polar surface area (TPSA) is 93.8 Å². The molecule has 0 aromatic carbocycles. The molecule has 0 aliphatic carbocycles. The van der Waals surface area contributed by atoms with Crippen LogP contribution in [0.5, 0.6) is 0 Å². The standard InChI is InChI=1S/C13H20N6O2S/c1-4-19-8-11(7-15-19)22(20,21)17-10-5-12-9(2)16-18(3)13(12)14-6-10/h7-8,10,14,17H,4-6H2,1-3H3. The Labute approximate surface area is 129 Å². The molecule has 8 nitrogen and oxygen atoms in total. The third kappa shape index (κ3) is 2.61. The van der Waals surface area contributed by atoms with Gasteiger partial charge in [-0.2, -0.15) is 10.2 Å². The van der Waals surface area contributed by atoms with Crippen LogP contribution in [0.2, 0.25) is 0 Å². The van der Waals surface area contributed by atoms with E-state index in [1.807, 2.05) is 20.9 Å². The number of hydrogen-bond donors (Lipinski definition) is 2. The Balaban J connectivity index is 1.78. The van der Waals surface area contributed by atoms with Crippen LogP contribution in [0.25, 0.3) is 0 Å². The lowest BCUT2D eigenvalue weighted by Gasteiger charge is -2.25. The minimum absolute atomic E-state index is 0.197. The number of nitrogens with zero attached hydrogens (tertiary/aromatic N) is 4. The van der Waals surface area contributed by atoms with Crippen molar-refractivity contribution < 1.29 is 8.42 Å². The zero-order valence-electron chi connectivity index (χ0n) is 12.9. The van der Waals surface area contributed by atoms with Crippen molar-refractivity contribution in [2.45, 2.75) is 37.8 Å². The number of sulfonamides is 1. The van der Waals surface area contributed by atoms with Crippen molar-refractivity contribution >= 4 is 15.8 Å². The smallest absolute Gasteiger partial charge is 0.244 e. The number of aromatic nitrogens is 4. The van der Waals surface area contributed by atoms with Gasteiger partial charge in [0.25, 0.3) is 0 Å². The molecule has 0 amide bonds. The SMILES string of the molecule is CCn1cc(S(=O)(=O)NC2CNc3c(c(C)nn3C)C2)cn1. The normalized spacial score (nSPS) is 18.0. The molecule has 1 atom stereocenters. The lowest BCUT2D eigenvalue weighted by Crippen LogP contribution is -2.43. The van der Waals surface area contributed by atoms with Crippen molar-refractivity contribution in [3.8, 4) is 0 Å². The number of rotatable bonds is 4. The highest BCUT2D eigenvalue weighted by Gasteiger charge is 2.28. The van der Waals surface area contributed by atoms with E-state index in [0.717, 1.165) is 17.1 Å². The van der Waals surface area contributed by atoms with Crippen LogP contribution in [-0.2, 0) is 30.0 Å². The van der Waals surface area contributed by atoms with Gasteiger partial charge in [-0.25, -0.2) is 13.1 Å². The van der Waals surface area contributed by atoms with Crippen molar-refractivity contribution in [1.82, 2.24) is 24.3 Å². The summed E-state index contributed by atoms with van der Waals surface area (Å²) in [7, 11) is -1.68. The molecule has 3 heterocycles. The molecule has 2 aromatic rings. The Morgan fingerprint density at radius 1 is 1.50 bits per heavy atom. The van der Waals surface area contributed by atoms with Gasteiger partial charge >= 0.3 is 0 Å². The molecule has 120 valence electrons. The van der Waals surface area contributed by atoms with E-state index in [9.17, 15) is 8.42 Å². The van der Waals surface area contributed by atoms with E-state index in [4.69, 9.17) is 0 Å². The third-order valence-corrected chi connectivity index (χ3v) is 5.35. The molecule has 0 radical (unpaired) electrons. The van der Waals surface area contributed by atoms with Gasteiger partial charge in [0.05, 0.1) is 11.9 Å². The van der Waals surface area contributed by atoms with E-state index >= 15 is 0 Å². The quantitative estimate of drug-likeness (QED) is 0.841. The fourth-order valence-electron chi connectivity index (χ4n) is 2.73. The second-order valence-electron chi connectivity index (χ2n) is 5.47. The Kier molecular flexibility index (Phi) is 3.69. The fraction of sp³-hybridized carbons (Fsp3) is 0.538. The maximum Gasteiger partial charge on any atom is 0.244 e. The second kappa shape index (κ2) is 5.40. The first kappa shape index (κ1) is 15.0. The Morgan fingerprint density at radius 2 is 2.27 bits per heavy atom. The summed E-state index contributed by atoms with van der Waals surface area (Å²) < 4.78 is 31.0. The van der Waals surface area contributed by atoms with Gasteiger partial charge < -0.3 is 5.32 Å². The average Bonchev–Trinajstić information content (AvgIpc) is 3.05. The molecule has 0 saturated carbocycles. The first-order valence-corrected chi connectivity index (χ1v) is 8.70. The molecule has 1 aliphatic heterocycles. The number of aryl methyl sites for hydroxylation is 3. The predicted octanol–water partition coefficient (Wildman–Crippen LogP) is 0.260. The molecule has 1 unspecified atom stereocenters. The number of anilines is 1. The largest absolute Gasteiger partial charge is 0.368 e. The number of hydrogen-bond acceptors (Lipinski definition) is 5. The molecule has 9 heteroatoms. The summed E-state index contributed by atoms with van der Waals surface area (Å²) in [5.41, 5.74) is 1.98. The maximum absolute atomic E-state index is 12.4. The summed E-state index contributed by atoms with van der Waals surface area (Å²) in [6.07, 6.45) is 3.55. The van der Waals surface area contributed by atoms with Gasteiger partial charge in [-0.15, -0.1) is 0 Å². The second-order valence-corrected chi connectivity index (χ2v) is 7.19. The highest BCUT2D eigenvalue weighted by atomic mass is 32.2. The summed E-state index contributed by atoms with van der Waals surface area (Å²) in [6, 6.07) is -0.203. The van der Waals surface area contributed by atoms with E-state index in [-0.39, 0.29) is 10.9 Å². The van der Waals surface area contributed by atoms with Crippen LogP contribution in [0.4, 0.5) is 5.82 Å². The van der Waals surface area contributed by atoms with Gasteiger partial charge in [0, 0.05) is 37.9 Å². The van der Waals surface area contributed by atoms with Crippen LogP contribution < -0.4 is 10.0 Å². The van der Waals surface area contributed by atoms with Crippen LogP contribution >= 0.6 is 0 Å². The molecule has 0 spiro atoms. The summed E-state index contributed by atoms with van der Waals surface area (Å²) in [6.45, 7) is 5.02. The monoisotopic (exact) mass is 324 g/mol. The van der Waals surface area contributed by atoms with E-state index < -0.39 is 10.0 Å². The molecule has 0 saturated heterocycles. The average molecular weight is 324 g/mol. The molecule has 2 aromatic heterocycles. The lowest BCUT2D eigenvalue weighted by atomic mass is 10.0. The number of fused-ring (bicyclic) bond motifs is 1.